The van der Waals surface area contributed by atoms with Crippen molar-refractivity contribution in [3.8, 4) is 0 Å². The fourth-order valence-electron chi connectivity index (χ4n) is 3.05. The number of carbonyl (C=O) groups excluding carboxylic acids is 1. The van der Waals surface area contributed by atoms with Crippen LogP contribution < -0.4 is 0 Å². The van der Waals surface area contributed by atoms with E-state index in [0.29, 0.717) is 19.4 Å². The molecule has 0 radical (unpaired) electrons. The van der Waals surface area contributed by atoms with Crippen LogP contribution in [-0.4, -0.2) is 34.7 Å². The van der Waals surface area contributed by atoms with Crippen LogP contribution in [0.5, 0.6) is 0 Å². The Morgan fingerprint density at radius 1 is 0.966 bits per heavy atom. The van der Waals surface area contributed by atoms with Gasteiger partial charge in [-0.25, -0.2) is 0 Å². The van der Waals surface area contributed by atoms with E-state index in [1.165, 1.54) is 0 Å². The molecular formula is C20H36N2O7. The maximum absolute atomic E-state index is 11.4. The van der Waals surface area contributed by atoms with E-state index in [1.54, 1.807) is 13.0 Å². The zero-order valence-corrected chi connectivity index (χ0v) is 17.8. The van der Waals surface area contributed by atoms with Crippen LogP contribution >= 0.6 is 0 Å². The maximum Gasteiger partial charge on any atom is 0.305 e. The molecule has 0 heterocycles. The molecule has 0 aliphatic heterocycles. The topological polar surface area (TPSA) is 122 Å². The van der Waals surface area contributed by atoms with Gasteiger partial charge in [0.05, 0.1) is 6.61 Å². The summed E-state index contributed by atoms with van der Waals surface area (Å²) in [5.74, 6) is -0.205. The van der Waals surface area contributed by atoms with Crippen LogP contribution in [0.1, 0.15) is 90.9 Å². The zero-order valence-electron chi connectivity index (χ0n) is 17.8. The molecule has 0 aromatic carbocycles. The highest BCUT2D eigenvalue weighted by Gasteiger charge is 2.33. The van der Waals surface area contributed by atoms with E-state index >= 15 is 0 Å². The lowest BCUT2D eigenvalue weighted by atomic mass is 10.00. The highest BCUT2D eigenvalue weighted by Crippen LogP contribution is 2.18. The lowest BCUT2D eigenvalue weighted by Gasteiger charge is -2.18. The number of esters is 1. The van der Waals surface area contributed by atoms with Crippen LogP contribution in [0.15, 0.2) is 12.2 Å². The smallest absolute Gasteiger partial charge is 0.305 e. The molecule has 0 rings (SSSR count). The number of nitro groups is 1. The highest BCUT2D eigenvalue weighted by atomic mass is 17.0. The van der Waals surface area contributed by atoms with Crippen LogP contribution in [0.2, 0.25) is 0 Å². The van der Waals surface area contributed by atoms with Gasteiger partial charge >= 0.3 is 5.97 Å². The quantitative estimate of drug-likeness (QED) is 0.0951. The number of hydrogen-bond acceptors (Lipinski definition) is 7. The molecule has 0 spiro atoms. The Hall–Kier alpha value is -2.19. The number of hydrogen-bond donors (Lipinski definition) is 0. The van der Waals surface area contributed by atoms with E-state index in [4.69, 9.17) is 4.74 Å². The summed E-state index contributed by atoms with van der Waals surface area (Å²) in [6.45, 7) is 4.25. The molecule has 29 heavy (non-hydrogen) atoms. The lowest BCUT2D eigenvalue weighted by molar-refractivity contribution is -0.778. The van der Waals surface area contributed by atoms with Crippen LogP contribution in [0.4, 0.5) is 0 Å². The first kappa shape index (κ1) is 26.8. The van der Waals surface area contributed by atoms with E-state index < -0.39 is 22.2 Å². The van der Waals surface area contributed by atoms with E-state index in [-0.39, 0.29) is 18.8 Å². The van der Waals surface area contributed by atoms with Crippen molar-refractivity contribution in [2.45, 2.75) is 103 Å². The molecule has 9 nitrogen and oxygen atoms in total. The summed E-state index contributed by atoms with van der Waals surface area (Å²) in [6.07, 6.45) is 11.2. The van der Waals surface area contributed by atoms with E-state index in [2.05, 4.69) is 11.8 Å². The molecule has 0 amide bonds. The average Bonchev–Trinajstić information content (AvgIpc) is 2.65. The third-order valence-electron chi connectivity index (χ3n) is 4.62. The van der Waals surface area contributed by atoms with E-state index in [0.717, 1.165) is 51.4 Å². The summed E-state index contributed by atoms with van der Waals surface area (Å²) in [6, 6.07) is -1.11. The minimum Gasteiger partial charge on any atom is -0.466 e. The van der Waals surface area contributed by atoms with Crippen LogP contribution in [0.3, 0.4) is 0 Å². The minimum atomic E-state index is -1.11. The summed E-state index contributed by atoms with van der Waals surface area (Å²) >= 11 is 0. The normalized spacial score (nSPS) is 13.2. The molecule has 2 unspecified atom stereocenters. The van der Waals surface area contributed by atoms with Crippen molar-refractivity contribution in [1.29, 1.82) is 0 Å². The van der Waals surface area contributed by atoms with Gasteiger partial charge in [-0.3, -0.25) is 14.9 Å². The van der Waals surface area contributed by atoms with Gasteiger partial charge in [0.1, 0.15) is 0 Å². The first-order valence-electron chi connectivity index (χ1n) is 10.7. The Morgan fingerprint density at radius 3 is 2.28 bits per heavy atom. The number of carbonyl (C=O) groups is 1. The molecule has 168 valence electrons. The Kier molecular flexibility index (Phi) is 16.5. The second-order valence-electron chi connectivity index (χ2n) is 7.03. The summed E-state index contributed by atoms with van der Waals surface area (Å²) in [7, 11) is 0. The van der Waals surface area contributed by atoms with Crippen molar-refractivity contribution in [3.63, 3.8) is 0 Å². The predicted octanol–water partition coefficient (Wildman–Crippen LogP) is 5.03. The number of nitrogens with zero attached hydrogens (tertiary/aromatic N) is 2. The molecule has 2 atom stereocenters. The Labute approximate surface area is 173 Å². The first-order chi connectivity index (χ1) is 13.9. The average molecular weight is 417 g/mol. The van der Waals surface area contributed by atoms with Gasteiger partial charge in [-0.05, 0) is 39.0 Å². The zero-order chi connectivity index (χ0) is 21.9. The van der Waals surface area contributed by atoms with Gasteiger partial charge < -0.3 is 9.57 Å². The van der Waals surface area contributed by atoms with Gasteiger partial charge in [0.15, 0.2) is 6.10 Å². The van der Waals surface area contributed by atoms with Crippen LogP contribution in [0.25, 0.3) is 0 Å². The fourth-order valence-corrected chi connectivity index (χ4v) is 3.05. The minimum absolute atomic E-state index is 0.151. The predicted molar refractivity (Wildman–Crippen MR) is 110 cm³/mol. The summed E-state index contributed by atoms with van der Waals surface area (Å²) in [4.78, 5) is 37.6. The number of rotatable bonds is 19. The Balaban J connectivity index is 4.34. The lowest BCUT2D eigenvalue weighted by Crippen LogP contribution is -2.37. The van der Waals surface area contributed by atoms with Crippen molar-refractivity contribution < 1.29 is 24.4 Å². The number of unbranched alkanes of at least 4 members (excludes halogenated alkanes) is 7. The molecule has 0 fully saturated rings. The molecule has 0 aromatic rings. The van der Waals surface area contributed by atoms with Gasteiger partial charge in [0.25, 0.3) is 5.09 Å². The molecule has 0 aromatic heterocycles. The second kappa shape index (κ2) is 17.9. The van der Waals surface area contributed by atoms with Crippen molar-refractivity contribution in [2.75, 3.05) is 6.61 Å². The van der Waals surface area contributed by atoms with Gasteiger partial charge in [-0.2, -0.15) is 0 Å². The van der Waals surface area contributed by atoms with Crippen molar-refractivity contribution >= 4 is 5.97 Å². The van der Waals surface area contributed by atoms with Crippen LogP contribution in [0, 0.1) is 20.2 Å². The van der Waals surface area contributed by atoms with E-state index in [9.17, 15) is 25.0 Å². The number of allylic oxidation sites excluding steroid dienone is 1. The third-order valence-corrected chi connectivity index (χ3v) is 4.62. The van der Waals surface area contributed by atoms with Gasteiger partial charge in [-0.15, -0.1) is 10.1 Å². The Morgan fingerprint density at radius 2 is 1.66 bits per heavy atom. The van der Waals surface area contributed by atoms with Crippen molar-refractivity contribution in [2.24, 2.45) is 0 Å². The molecule has 0 saturated heterocycles. The molecular weight excluding hydrogens is 380 g/mol. The third kappa shape index (κ3) is 15.4. The van der Waals surface area contributed by atoms with Crippen molar-refractivity contribution in [1.82, 2.24) is 0 Å². The molecule has 9 heteroatoms. The molecule has 0 aliphatic carbocycles. The summed E-state index contributed by atoms with van der Waals surface area (Å²) in [5, 5.41) is 21.2. The van der Waals surface area contributed by atoms with Gasteiger partial charge in [0.2, 0.25) is 6.04 Å². The van der Waals surface area contributed by atoms with Crippen LogP contribution in [-0.2, 0) is 14.4 Å². The van der Waals surface area contributed by atoms with Crippen molar-refractivity contribution in [3.05, 3.63) is 32.4 Å². The SMILES string of the molecule is CCCCC/C=C\CC(O[N+](=O)[O-])C(CCCCCCCC(=O)OCC)[N+](=O)[O-]. The number of ether oxygens (including phenoxy) is 1. The highest BCUT2D eigenvalue weighted by molar-refractivity contribution is 5.69. The molecule has 0 saturated carbocycles. The monoisotopic (exact) mass is 416 g/mol. The maximum atomic E-state index is 11.4. The molecule has 0 N–H and O–H groups in total. The largest absolute Gasteiger partial charge is 0.466 e. The van der Waals surface area contributed by atoms with E-state index in [1.807, 2.05) is 6.08 Å². The first-order valence-corrected chi connectivity index (χ1v) is 10.7. The summed E-state index contributed by atoms with van der Waals surface area (Å²) in [5.41, 5.74) is 0. The molecule has 0 bridgehead atoms. The standard InChI is InChI=1S/C20H36N2O7/c1-3-5-6-7-10-13-16-19(29-22(26)27)18(21(24)25)15-12-9-8-11-14-17-20(23)28-4-2/h10,13,18-19H,3-9,11-12,14-17H2,1-2H3/b13-10-. The fraction of sp³-hybridized carbons (Fsp3) is 0.850. The van der Waals surface area contributed by atoms with Gasteiger partial charge in [-0.1, -0.05) is 51.2 Å². The van der Waals surface area contributed by atoms with Gasteiger partial charge in [0, 0.05) is 17.8 Å². The second-order valence-corrected chi connectivity index (χ2v) is 7.03. The molecule has 0 aliphatic rings. The Bertz CT molecular complexity index is 497. The summed E-state index contributed by atoms with van der Waals surface area (Å²) < 4.78 is 4.86.